The van der Waals surface area contributed by atoms with E-state index in [-0.39, 0.29) is 12.5 Å². The Balaban J connectivity index is 1.51. The van der Waals surface area contributed by atoms with E-state index in [1.165, 1.54) is 4.31 Å². The molecule has 1 saturated heterocycles. The van der Waals surface area contributed by atoms with E-state index < -0.39 is 10.0 Å². The van der Waals surface area contributed by atoms with Gasteiger partial charge >= 0.3 is 0 Å². The van der Waals surface area contributed by atoms with Crippen LogP contribution in [0.4, 0.5) is 0 Å². The molecule has 146 valence electrons. The summed E-state index contributed by atoms with van der Waals surface area (Å²) in [4.78, 5) is 16.4. The van der Waals surface area contributed by atoms with Crippen LogP contribution in [0.3, 0.4) is 0 Å². The normalized spacial score (nSPS) is 16.4. The smallest absolute Gasteiger partial charge is 0.243 e. The van der Waals surface area contributed by atoms with Crippen molar-refractivity contribution in [1.82, 2.24) is 14.1 Å². The number of rotatable bonds is 6. The van der Waals surface area contributed by atoms with Crippen LogP contribution in [0.5, 0.6) is 0 Å². The SMILES string of the molecule is Cc1ccc(CN(C)C(=O)CN2CCN(S(=O)(=O)c3ccccc3)CC2)o1. The molecule has 1 aromatic carbocycles. The van der Waals surface area contributed by atoms with Crippen LogP contribution in [-0.4, -0.2) is 68.2 Å². The molecule has 0 aliphatic carbocycles. The Bertz CT molecular complexity index is 871. The molecule has 8 heteroatoms. The van der Waals surface area contributed by atoms with Gasteiger partial charge in [-0.15, -0.1) is 0 Å². The van der Waals surface area contributed by atoms with Gasteiger partial charge in [-0.3, -0.25) is 9.69 Å². The molecule has 7 nitrogen and oxygen atoms in total. The molecule has 1 aliphatic rings. The van der Waals surface area contributed by atoms with Crippen molar-refractivity contribution in [3.05, 3.63) is 54.0 Å². The standard InChI is InChI=1S/C19H25N3O4S/c1-16-8-9-17(26-16)14-20(2)19(23)15-21-10-12-22(13-11-21)27(24,25)18-6-4-3-5-7-18/h3-9H,10-15H2,1-2H3. The van der Waals surface area contributed by atoms with Gasteiger partial charge in [0.1, 0.15) is 11.5 Å². The van der Waals surface area contributed by atoms with Crippen molar-refractivity contribution in [3.63, 3.8) is 0 Å². The Labute approximate surface area is 160 Å². The number of hydrogen-bond acceptors (Lipinski definition) is 5. The lowest BCUT2D eigenvalue weighted by Crippen LogP contribution is -2.51. The number of carbonyl (C=O) groups excluding carboxylic acids is 1. The Morgan fingerprint density at radius 3 is 2.33 bits per heavy atom. The molecule has 2 heterocycles. The first-order chi connectivity index (χ1) is 12.9. The number of sulfonamides is 1. The van der Waals surface area contributed by atoms with Gasteiger partial charge in [-0.2, -0.15) is 4.31 Å². The van der Waals surface area contributed by atoms with Gasteiger partial charge in [0.2, 0.25) is 15.9 Å². The fourth-order valence-electron chi connectivity index (χ4n) is 3.07. The van der Waals surface area contributed by atoms with Crippen LogP contribution in [0.1, 0.15) is 11.5 Å². The summed E-state index contributed by atoms with van der Waals surface area (Å²) in [6, 6.07) is 12.2. The summed E-state index contributed by atoms with van der Waals surface area (Å²) in [5.74, 6) is 1.56. The zero-order valence-corrected chi connectivity index (χ0v) is 16.5. The summed E-state index contributed by atoms with van der Waals surface area (Å²) in [6.45, 7) is 4.40. The van der Waals surface area contributed by atoms with Crippen LogP contribution in [-0.2, 0) is 21.4 Å². The van der Waals surface area contributed by atoms with Crippen molar-refractivity contribution in [1.29, 1.82) is 0 Å². The highest BCUT2D eigenvalue weighted by molar-refractivity contribution is 7.89. The lowest BCUT2D eigenvalue weighted by Gasteiger charge is -2.34. The van der Waals surface area contributed by atoms with Gasteiger partial charge in [0, 0.05) is 33.2 Å². The number of aryl methyl sites for hydroxylation is 1. The number of hydrogen-bond donors (Lipinski definition) is 0. The van der Waals surface area contributed by atoms with Crippen molar-refractivity contribution >= 4 is 15.9 Å². The quantitative estimate of drug-likeness (QED) is 0.747. The lowest BCUT2D eigenvalue weighted by atomic mass is 10.3. The molecule has 1 aromatic heterocycles. The highest BCUT2D eigenvalue weighted by atomic mass is 32.2. The Hall–Kier alpha value is -2.16. The minimum atomic E-state index is -3.47. The van der Waals surface area contributed by atoms with E-state index in [9.17, 15) is 13.2 Å². The van der Waals surface area contributed by atoms with Crippen LogP contribution in [0.25, 0.3) is 0 Å². The first-order valence-corrected chi connectivity index (χ1v) is 10.4. The van der Waals surface area contributed by atoms with Gasteiger partial charge in [0.05, 0.1) is 18.0 Å². The lowest BCUT2D eigenvalue weighted by molar-refractivity contribution is -0.132. The van der Waals surface area contributed by atoms with Crippen molar-refractivity contribution in [2.75, 3.05) is 39.8 Å². The summed E-state index contributed by atoms with van der Waals surface area (Å²) in [7, 11) is -1.72. The molecular weight excluding hydrogens is 366 g/mol. The van der Waals surface area contributed by atoms with Crippen LogP contribution < -0.4 is 0 Å². The highest BCUT2D eigenvalue weighted by Crippen LogP contribution is 2.17. The zero-order chi connectivity index (χ0) is 19.4. The first-order valence-electron chi connectivity index (χ1n) is 8.93. The minimum absolute atomic E-state index is 0.0107. The summed E-state index contributed by atoms with van der Waals surface area (Å²) >= 11 is 0. The second kappa shape index (κ2) is 8.24. The third-order valence-electron chi connectivity index (χ3n) is 4.69. The summed E-state index contributed by atoms with van der Waals surface area (Å²) in [5.41, 5.74) is 0. The fourth-order valence-corrected chi connectivity index (χ4v) is 4.52. The predicted molar refractivity (Wildman–Crippen MR) is 102 cm³/mol. The highest BCUT2D eigenvalue weighted by Gasteiger charge is 2.29. The first kappa shape index (κ1) is 19.6. The van der Waals surface area contributed by atoms with Crippen molar-refractivity contribution in [3.8, 4) is 0 Å². The minimum Gasteiger partial charge on any atom is -0.464 e. The molecule has 0 atom stereocenters. The maximum absolute atomic E-state index is 12.7. The summed E-state index contributed by atoms with van der Waals surface area (Å²) in [6.07, 6.45) is 0. The molecule has 0 spiro atoms. The van der Waals surface area contributed by atoms with E-state index in [0.29, 0.717) is 37.6 Å². The second-order valence-electron chi connectivity index (χ2n) is 6.76. The average Bonchev–Trinajstić information content (AvgIpc) is 3.07. The fraction of sp³-hybridized carbons (Fsp3) is 0.421. The van der Waals surface area contributed by atoms with Crippen LogP contribution >= 0.6 is 0 Å². The molecule has 0 N–H and O–H groups in total. The van der Waals surface area contributed by atoms with E-state index in [1.807, 2.05) is 24.0 Å². The molecule has 1 amide bonds. The van der Waals surface area contributed by atoms with Crippen LogP contribution in [0.15, 0.2) is 51.8 Å². The molecule has 1 fully saturated rings. The summed E-state index contributed by atoms with van der Waals surface area (Å²) < 4.78 is 32.3. The number of nitrogens with zero attached hydrogens (tertiary/aromatic N) is 3. The van der Waals surface area contributed by atoms with E-state index >= 15 is 0 Å². The Morgan fingerprint density at radius 2 is 1.74 bits per heavy atom. The van der Waals surface area contributed by atoms with Crippen molar-refractivity contribution in [2.24, 2.45) is 0 Å². The van der Waals surface area contributed by atoms with E-state index in [2.05, 4.69) is 0 Å². The predicted octanol–water partition coefficient (Wildman–Crippen LogP) is 1.55. The number of benzene rings is 1. The largest absolute Gasteiger partial charge is 0.464 e. The maximum Gasteiger partial charge on any atom is 0.243 e. The zero-order valence-electron chi connectivity index (χ0n) is 15.7. The van der Waals surface area contributed by atoms with Crippen LogP contribution in [0, 0.1) is 6.92 Å². The molecule has 0 saturated carbocycles. The van der Waals surface area contributed by atoms with Crippen molar-refractivity contribution in [2.45, 2.75) is 18.4 Å². The molecule has 0 radical (unpaired) electrons. The van der Waals surface area contributed by atoms with Crippen LogP contribution in [0.2, 0.25) is 0 Å². The maximum atomic E-state index is 12.7. The molecular formula is C19H25N3O4S. The third-order valence-corrected chi connectivity index (χ3v) is 6.60. The van der Waals surface area contributed by atoms with Gasteiger partial charge in [-0.25, -0.2) is 8.42 Å². The number of carbonyl (C=O) groups is 1. The molecule has 0 unspecified atom stereocenters. The Morgan fingerprint density at radius 1 is 1.07 bits per heavy atom. The monoisotopic (exact) mass is 391 g/mol. The van der Waals surface area contributed by atoms with Gasteiger partial charge in [0.15, 0.2) is 0 Å². The van der Waals surface area contributed by atoms with E-state index in [4.69, 9.17) is 4.42 Å². The third kappa shape index (κ3) is 4.77. The summed E-state index contributed by atoms with van der Waals surface area (Å²) in [5, 5.41) is 0. The van der Waals surface area contributed by atoms with Crippen molar-refractivity contribution < 1.29 is 17.6 Å². The number of piperazine rings is 1. The molecule has 27 heavy (non-hydrogen) atoms. The Kier molecular flexibility index (Phi) is 5.98. The molecule has 2 aromatic rings. The van der Waals surface area contributed by atoms with Gasteiger partial charge in [0.25, 0.3) is 0 Å². The molecule has 1 aliphatic heterocycles. The van der Waals surface area contributed by atoms with Gasteiger partial charge in [-0.05, 0) is 31.2 Å². The molecule has 3 rings (SSSR count). The topological polar surface area (TPSA) is 74.1 Å². The molecule has 0 bridgehead atoms. The number of furan rings is 1. The number of amides is 1. The number of likely N-dealkylation sites (N-methyl/N-ethyl adjacent to an activating group) is 1. The van der Waals surface area contributed by atoms with E-state index in [1.54, 1.807) is 42.3 Å². The van der Waals surface area contributed by atoms with Gasteiger partial charge < -0.3 is 9.32 Å². The van der Waals surface area contributed by atoms with E-state index in [0.717, 1.165) is 11.5 Å². The second-order valence-corrected chi connectivity index (χ2v) is 8.69. The van der Waals surface area contributed by atoms with Gasteiger partial charge in [-0.1, -0.05) is 18.2 Å². The average molecular weight is 391 g/mol.